The number of benzene rings is 2. The standard InChI is InChI=1S/C19H20N2O/c1-4-15-7-5-9-17(13-15)20-19(22)12-11-16-8-6-10-18(14-16)21(2)3/h1,5-10,13-14H,11-12H2,2-3H3,(H,20,22). The van der Waals surface area contributed by atoms with Gasteiger partial charge in [-0.1, -0.05) is 24.1 Å². The van der Waals surface area contributed by atoms with Crippen LogP contribution in [0.15, 0.2) is 48.5 Å². The zero-order valence-electron chi connectivity index (χ0n) is 13.0. The maximum Gasteiger partial charge on any atom is 0.224 e. The number of anilines is 2. The molecule has 1 N–H and O–H groups in total. The van der Waals surface area contributed by atoms with E-state index in [0.717, 1.165) is 22.5 Å². The van der Waals surface area contributed by atoms with Crippen LogP contribution in [0.1, 0.15) is 17.5 Å². The first kappa shape index (κ1) is 15.7. The fourth-order valence-electron chi connectivity index (χ4n) is 2.16. The molecule has 2 rings (SSSR count). The minimum atomic E-state index is -0.00979. The molecular formula is C19H20N2O. The number of nitrogens with zero attached hydrogens (tertiary/aromatic N) is 1. The van der Waals surface area contributed by atoms with E-state index in [-0.39, 0.29) is 5.91 Å². The van der Waals surface area contributed by atoms with Gasteiger partial charge in [0.15, 0.2) is 0 Å². The van der Waals surface area contributed by atoms with E-state index in [2.05, 4.69) is 28.3 Å². The van der Waals surface area contributed by atoms with Crippen molar-refractivity contribution in [1.82, 2.24) is 0 Å². The summed E-state index contributed by atoms with van der Waals surface area (Å²) in [7, 11) is 4.01. The average molecular weight is 292 g/mol. The highest BCUT2D eigenvalue weighted by Crippen LogP contribution is 2.15. The van der Waals surface area contributed by atoms with Crippen LogP contribution in [0.4, 0.5) is 11.4 Å². The summed E-state index contributed by atoms with van der Waals surface area (Å²) in [6, 6.07) is 15.5. The quantitative estimate of drug-likeness (QED) is 0.858. The van der Waals surface area contributed by atoms with E-state index in [1.54, 1.807) is 6.07 Å². The molecular weight excluding hydrogens is 272 g/mol. The van der Waals surface area contributed by atoms with Crippen molar-refractivity contribution >= 4 is 17.3 Å². The molecule has 0 aliphatic carbocycles. The minimum absolute atomic E-state index is 0.00979. The topological polar surface area (TPSA) is 32.3 Å². The summed E-state index contributed by atoms with van der Waals surface area (Å²) in [5.74, 6) is 2.55. The molecule has 2 aromatic carbocycles. The molecule has 3 heteroatoms. The zero-order valence-corrected chi connectivity index (χ0v) is 13.0. The fourth-order valence-corrected chi connectivity index (χ4v) is 2.16. The van der Waals surface area contributed by atoms with E-state index in [4.69, 9.17) is 6.42 Å². The predicted octanol–water partition coefficient (Wildman–Crippen LogP) is 3.31. The van der Waals surface area contributed by atoms with Crippen LogP contribution in [0.25, 0.3) is 0 Å². The van der Waals surface area contributed by atoms with E-state index in [9.17, 15) is 4.79 Å². The molecule has 112 valence electrons. The first-order chi connectivity index (χ1) is 10.6. The van der Waals surface area contributed by atoms with E-state index in [1.807, 2.05) is 44.4 Å². The van der Waals surface area contributed by atoms with Crippen LogP contribution in [-0.2, 0) is 11.2 Å². The molecule has 1 amide bonds. The van der Waals surface area contributed by atoms with Crippen LogP contribution >= 0.6 is 0 Å². The molecule has 2 aromatic rings. The molecule has 0 unspecified atom stereocenters. The highest BCUT2D eigenvalue weighted by molar-refractivity contribution is 5.91. The molecule has 0 fully saturated rings. The maximum atomic E-state index is 12.0. The summed E-state index contributed by atoms with van der Waals surface area (Å²) >= 11 is 0. The molecule has 3 nitrogen and oxygen atoms in total. The Hall–Kier alpha value is -2.73. The monoisotopic (exact) mass is 292 g/mol. The Balaban J connectivity index is 1.92. The molecule has 0 aliphatic heterocycles. The van der Waals surface area contributed by atoms with Crippen molar-refractivity contribution < 1.29 is 4.79 Å². The van der Waals surface area contributed by atoms with Gasteiger partial charge in [0.05, 0.1) is 0 Å². The Labute approximate surface area is 132 Å². The summed E-state index contributed by atoms with van der Waals surface area (Å²) in [5, 5.41) is 2.88. The van der Waals surface area contributed by atoms with Gasteiger partial charge in [0.1, 0.15) is 0 Å². The maximum absolute atomic E-state index is 12.0. The highest BCUT2D eigenvalue weighted by Gasteiger charge is 2.05. The number of hydrogen-bond donors (Lipinski definition) is 1. The second-order valence-corrected chi connectivity index (χ2v) is 5.34. The molecule has 22 heavy (non-hydrogen) atoms. The van der Waals surface area contributed by atoms with E-state index < -0.39 is 0 Å². The van der Waals surface area contributed by atoms with Gasteiger partial charge in [-0.3, -0.25) is 4.79 Å². The lowest BCUT2D eigenvalue weighted by molar-refractivity contribution is -0.116. The Morgan fingerprint density at radius 3 is 2.68 bits per heavy atom. The predicted molar refractivity (Wildman–Crippen MR) is 92.1 cm³/mol. The summed E-state index contributed by atoms with van der Waals surface area (Å²) in [5.41, 5.74) is 3.79. The van der Waals surface area contributed by atoms with Crippen molar-refractivity contribution in [2.45, 2.75) is 12.8 Å². The van der Waals surface area contributed by atoms with Crippen molar-refractivity contribution in [1.29, 1.82) is 0 Å². The van der Waals surface area contributed by atoms with Crippen LogP contribution in [0, 0.1) is 12.3 Å². The fraction of sp³-hybridized carbons (Fsp3) is 0.211. The van der Waals surface area contributed by atoms with Crippen molar-refractivity contribution in [2.75, 3.05) is 24.3 Å². The van der Waals surface area contributed by atoms with Gasteiger partial charge in [-0.25, -0.2) is 0 Å². The number of nitrogens with one attached hydrogen (secondary N) is 1. The Kier molecular flexibility index (Phi) is 5.21. The number of carbonyl (C=O) groups excluding carboxylic acids is 1. The zero-order chi connectivity index (χ0) is 15.9. The van der Waals surface area contributed by atoms with Crippen LogP contribution in [-0.4, -0.2) is 20.0 Å². The number of terminal acetylenes is 1. The van der Waals surface area contributed by atoms with E-state index in [1.165, 1.54) is 0 Å². The van der Waals surface area contributed by atoms with Crippen LogP contribution in [0.5, 0.6) is 0 Å². The summed E-state index contributed by atoms with van der Waals surface area (Å²) in [4.78, 5) is 14.1. The number of carbonyl (C=O) groups is 1. The molecule has 0 saturated carbocycles. The summed E-state index contributed by atoms with van der Waals surface area (Å²) in [6.07, 6.45) is 6.51. The van der Waals surface area contributed by atoms with Crippen molar-refractivity contribution in [2.24, 2.45) is 0 Å². The first-order valence-electron chi connectivity index (χ1n) is 7.21. The van der Waals surface area contributed by atoms with Gasteiger partial charge in [-0.15, -0.1) is 6.42 Å². The van der Waals surface area contributed by atoms with E-state index in [0.29, 0.717) is 12.8 Å². The second kappa shape index (κ2) is 7.33. The lowest BCUT2D eigenvalue weighted by atomic mass is 10.1. The third-order valence-electron chi connectivity index (χ3n) is 3.38. The Bertz CT molecular complexity index is 699. The number of rotatable bonds is 5. The lowest BCUT2D eigenvalue weighted by Gasteiger charge is -2.13. The average Bonchev–Trinajstić information content (AvgIpc) is 2.53. The van der Waals surface area contributed by atoms with Gasteiger partial charge in [0.2, 0.25) is 5.91 Å². The molecule has 0 radical (unpaired) electrons. The molecule has 0 spiro atoms. The van der Waals surface area contributed by atoms with Gasteiger partial charge in [0, 0.05) is 37.5 Å². The lowest BCUT2D eigenvalue weighted by Crippen LogP contribution is -2.13. The molecule has 0 heterocycles. The van der Waals surface area contributed by atoms with Crippen LogP contribution in [0.2, 0.25) is 0 Å². The number of amides is 1. The number of aryl methyl sites for hydroxylation is 1. The number of hydrogen-bond acceptors (Lipinski definition) is 2. The van der Waals surface area contributed by atoms with Crippen molar-refractivity contribution in [3.05, 3.63) is 59.7 Å². The largest absolute Gasteiger partial charge is 0.378 e. The van der Waals surface area contributed by atoms with Crippen LogP contribution < -0.4 is 10.2 Å². The molecule has 0 aliphatic rings. The van der Waals surface area contributed by atoms with Gasteiger partial charge in [-0.2, -0.15) is 0 Å². The smallest absolute Gasteiger partial charge is 0.224 e. The first-order valence-corrected chi connectivity index (χ1v) is 7.21. The van der Waals surface area contributed by atoms with Gasteiger partial charge >= 0.3 is 0 Å². The molecule has 0 atom stereocenters. The molecule has 0 aromatic heterocycles. The molecule has 0 saturated heterocycles. The third-order valence-corrected chi connectivity index (χ3v) is 3.38. The SMILES string of the molecule is C#Cc1cccc(NC(=O)CCc2cccc(N(C)C)c2)c1. The van der Waals surface area contributed by atoms with Crippen molar-refractivity contribution in [3.63, 3.8) is 0 Å². The van der Waals surface area contributed by atoms with Gasteiger partial charge < -0.3 is 10.2 Å². The van der Waals surface area contributed by atoms with Crippen molar-refractivity contribution in [3.8, 4) is 12.3 Å². The Morgan fingerprint density at radius 2 is 1.95 bits per heavy atom. The van der Waals surface area contributed by atoms with E-state index >= 15 is 0 Å². The highest BCUT2D eigenvalue weighted by atomic mass is 16.1. The third kappa shape index (κ3) is 4.39. The normalized spacial score (nSPS) is 9.86. The minimum Gasteiger partial charge on any atom is -0.378 e. The van der Waals surface area contributed by atoms with Crippen LogP contribution in [0.3, 0.4) is 0 Å². The van der Waals surface area contributed by atoms with Gasteiger partial charge in [-0.05, 0) is 42.3 Å². The molecule has 0 bridgehead atoms. The Morgan fingerprint density at radius 1 is 1.18 bits per heavy atom. The second-order valence-electron chi connectivity index (χ2n) is 5.34. The van der Waals surface area contributed by atoms with Gasteiger partial charge in [0.25, 0.3) is 0 Å². The summed E-state index contributed by atoms with van der Waals surface area (Å²) in [6.45, 7) is 0. The summed E-state index contributed by atoms with van der Waals surface area (Å²) < 4.78 is 0.